The topological polar surface area (TPSA) is 95.9 Å². The van der Waals surface area contributed by atoms with Gasteiger partial charge < -0.3 is 20.3 Å². The molecule has 0 radical (unpaired) electrons. The van der Waals surface area contributed by atoms with Crippen molar-refractivity contribution in [2.45, 2.75) is 418 Å². The zero-order valence-corrected chi connectivity index (χ0v) is 55.9. The Labute approximate surface area is 518 Å². The van der Waals surface area contributed by atoms with Crippen LogP contribution in [0.15, 0.2) is 48.6 Å². The molecule has 2 unspecified atom stereocenters. The SMILES string of the molecule is CCCCC/C=C\C/C=C\CCCCCCCCCC(=O)OCCCCCCCCCCCCCC/C=C\CCCCCCCCCCCCCC(=O)NC(CO)C(O)/C=C/CCCCCCCCCCCCCCCCCCCCCC. The Morgan fingerprint density at radius 3 is 0.952 bits per heavy atom. The number of allylic oxidation sites excluding steroid dienone is 7. The van der Waals surface area contributed by atoms with Crippen LogP contribution in [0.3, 0.4) is 0 Å². The third-order valence-corrected chi connectivity index (χ3v) is 17.3. The lowest BCUT2D eigenvalue weighted by molar-refractivity contribution is -0.143. The van der Waals surface area contributed by atoms with E-state index >= 15 is 0 Å². The molecule has 0 aromatic heterocycles. The van der Waals surface area contributed by atoms with Crippen molar-refractivity contribution < 1.29 is 24.5 Å². The van der Waals surface area contributed by atoms with Crippen LogP contribution in [0.25, 0.3) is 0 Å². The summed E-state index contributed by atoms with van der Waals surface area (Å²) >= 11 is 0. The number of rotatable bonds is 70. The molecule has 488 valence electrons. The van der Waals surface area contributed by atoms with Crippen molar-refractivity contribution in [1.29, 1.82) is 0 Å². The third kappa shape index (κ3) is 68.8. The number of ether oxygens (including phenoxy) is 1. The van der Waals surface area contributed by atoms with Gasteiger partial charge in [-0.3, -0.25) is 9.59 Å². The van der Waals surface area contributed by atoms with E-state index in [1.807, 2.05) is 6.08 Å². The second-order valence-corrected chi connectivity index (χ2v) is 25.6. The quantitative estimate of drug-likeness (QED) is 0.0320. The average Bonchev–Trinajstić information content (AvgIpc) is 3.49. The maximum absolute atomic E-state index is 12.5. The average molecular weight is 1170 g/mol. The molecule has 1 amide bonds. The summed E-state index contributed by atoms with van der Waals surface area (Å²) < 4.78 is 5.50. The highest BCUT2D eigenvalue weighted by molar-refractivity contribution is 5.76. The fraction of sp³-hybridized carbons (Fsp3) is 0.870. The molecule has 0 heterocycles. The van der Waals surface area contributed by atoms with Crippen LogP contribution in [0.5, 0.6) is 0 Å². The van der Waals surface area contributed by atoms with E-state index in [-0.39, 0.29) is 18.5 Å². The fourth-order valence-electron chi connectivity index (χ4n) is 11.6. The molecule has 0 aromatic carbocycles. The zero-order valence-electron chi connectivity index (χ0n) is 55.9. The summed E-state index contributed by atoms with van der Waals surface area (Å²) in [7, 11) is 0. The molecule has 2 atom stereocenters. The number of unbranched alkanes of at least 4 members (excludes halogenated alkanes) is 53. The minimum absolute atomic E-state index is 0.00734. The van der Waals surface area contributed by atoms with Crippen LogP contribution >= 0.6 is 0 Å². The first-order valence-electron chi connectivity index (χ1n) is 37.4. The summed E-state index contributed by atoms with van der Waals surface area (Å²) in [6.45, 7) is 4.91. The van der Waals surface area contributed by atoms with Crippen molar-refractivity contribution in [1.82, 2.24) is 5.32 Å². The Balaban J connectivity index is 3.41. The molecule has 0 spiro atoms. The number of carbonyl (C=O) groups excluding carboxylic acids is 2. The molecule has 0 fully saturated rings. The van der Waals surface area contributed by atoms with E-state index in [4.69, 9.17) is 4.74 Å². The number of esters is 1. The highest BCUT2D eigenvalue weighted by Crippen LogP contribution is 2.19. The molecule has 83 heavy (non-hydrogen) atoms. The van der Waals surface area contributed by atoms with Crippen LogP contribution in [-0.2, 0) is 14.3 Å². The largest absolute Gasteiger partial charge is 0.466 e. The minimum Gasteiger partial charge on any atom is -0.466 e. The van der Waals surface area contributed by atoms with Crippen molar-refractivity contribution in [2.24, 2.45) is 0 Å². The highest BCUT2D eigenvalue weighted by atomic mass is 16.5. The molecule has 0 aliphatic heterocycles. The van der Waals surface area contributed by atoms with Gasteiger partial charge in [-0.1, -0.05) is 351 Å². The van der Waals surface area contributed by atoms with Gasteiger partial charge in [-0.25, -0.2) is 0 Å². The predicted molar refractivity (Wildman–Crippen MR) is 366 cm³/mol. The molecule has 0 aliphatic rings. The van der Waals surface area contributed by atoms with E-state index in [9.17, 15) is 19.8 Å². The molecule has 3 N–H and O–H groups in total. The van der Waals surface area contributed by atoms with Crippen LogP contribution in [-0.4, -0.2) is 47.4 Å². The number of nitrogens with one attached hydrogen (secondary N) is 1. The number of aliphatic hydroxyl groups is 2. The monoisotopic (exact) mass is 1160 g/mol. The van der Waals surface area contributed by atoms with Crippen molar-refractivity contribution in [3.63, 3.8) is 0 Å². The summed E-state index contributed by atoms with van der Waals surface area (Å²) in [4.78, 5) is 24.6. The molecular formula is C77H145NO5. The molecule has 6 heteroatoms. The van der Waals surface area contributed by atoms with Crippen molar-refractivity contribution in [3.8, 4) is 0 Å². The van der Waals surface area contributed by atoms with Gasteiger partial charge in [0.2, 0.25) is 5.91 Å². The fourth-order valence-corrected chi connectivity index (χ4v) is 11.6. The van der Waals surface area contributed by atoms with E-state index < -0.39 is 12.1 Å². The molecule has 0 bridgehead atoms. The lowest BCUT2D eigenvalue weighted by Crippen LogP contribution is -2.45. The second kappa shape index (κ2) is 72.3. The lowest BCUT2D eigenvalue weighted by Gasteiger charge is -2.20. The third-order valence-electron chi connectivity index (χ3n) is 17.3. The second-order valence-electron chi connectivity index (χ2n) is 25.6. The smallest absolute Gasteiger partial charge is 0.305 e. The number of carbonyl (C=O) groups is 2. The van der Waals surface area contributed by atoms with Gasteiger partial charge in [0, 0.05) is 12.8 Å². The normalized spacial score (nSPS) is 12.8. The number of amides is 1. The van der Waals surface area contributed by atoms with Gasteiger partial charge in [0.1, 0.15) is 0 Å². The Hall–Kier alpha value is -2.18. The van der Waals surface area contributed by atoms with Gasteiger partial charge in [-0.05, 0) is 89.9 Å². The van der Waals surface area contributed by atoms with Crippen LogP contribution in [0.2, 0.25) is 0 Å². The Morgan fingerprint density at radius 2 is 0.602 bits per heavy atom. The molecule has 0 rings (SSSR count). The standard InChI is InChI=1S/C77H145NO5/c1-3-5-7-9-11-13-15-17-19-21-22-23-31-34-38-41-45-49-53-57-61-65-69-75(80)74(73-79)78-76(81)70-66-62-58-54-50-46-42-39-35-32-29-27-25-24-26-28-30-33-36-40-44-48-52-56-60-64-68-72-83-77(82)71-67-63-59-55-51-47-43-37-20-18-16-14-12-10-8-6-4-2/h12,14,18,20,24-25,65,69,74-75,79-80H,3-11,13,15-17,19,21-23,26-64,66-68,70-73H2,1-2H3,(H,78,81)/b14-12-,20-18-,25-24-,69-65+. The van der Waals surface area contributed by atoms with Crippen LogP contribution in [0.1, 0.15) is 406 Å². The number of hydrogen-bond donors (Lipinski definition) is 3. The summed E-state index contributed by atoms with van der Waals surface area (Å²) in [5.74, 6) is -0.0578. The van der Waals surface area contributed by atoms with Crippen LogP contribution < -0.4 is 5.32 Å². The molecule has 0 saturated carbocycles. The van der Waals surface area contributed by atoms with E-state index in [1.54, 1.807) is 6.08 Å². The van der Waals surface area contributed by atoms with Gasteiger partial charge in [0.25, 0.3) is 0 Å². The Morgan fingerprint density at radius 1 is 0.337 bits per heavy atom. The summed E-state index contributed by atoms with van der Waals surface area (Å²) in [6.07, 6.45) is 94.9. The minimum atomic E-state index is -0.847. The van der Waals surface area contributed by atoms with Gasteiger partial charge >= 0.3 is 5.97 Å². The van der Waals surface area contributed by atoms with Crippen LogP contribution in [0.4, 0.5) is 0 Å². The Kier molecular flexibility index (Phi) is 70.4. The molecule has 0 aromatic rings. The molecule has 0 saturated heterocycles. The maximum atomic E-state index is 12.5. The van der Waals surface area contributed by atoms with Crippen LogP contribution in [0, 0.1) is 0 Å². The first-order valence-corrected chi connectivity index (χ1v) is 37.4. The van der Waals surface area contributed by atoms with Gasteiger partial charge in [-0.2, -0.15) is 0 Å². The summed E-state index contributed by atoms with van der Waals surface area (Å²) in [5.41, 5.74) is 0. The molecular weight excluding hydrogens is 1020 g/mol. The van der Waals surface area contributed by atoms with E-state index in [2.05, 4.69) is 55.6 Å². The highest BCUT2D eigenvalue weighted by Gasteiger charge is 2.18. The zero-order chi connectivity index (χ0) is 59.9. The maximum Gasteiger partial charge on any atom is 0.305 e. The van der Waals surface area contributed by atoms with Crippen molar-refractivity contribution in [3.05, 3.63) is 48.6 Å². The number of hydrogen-bond acceptors (Lipinski definition) is 5. The van der Waals surface area contributed by atoms with Gasteiger partial charge in [0.05, 0.1) is 25.4 Å². The number of aliphatic hydroxyl groups excluding tert-OH is 2. The summed E-state index contributed by atoms with van der Waals surface area (Å²) in [6, 6.07) is -0.631. The lowest BCUT2D eigenvalue weighted by atomic mass is 10.0. The van der Waals surface area contributed by atoms with Gasteiger partial charge in [-0.15, -0.1) is 0 Å². The van der Waals surface area contributed by atoms with Crippen molar-refractivity contribution in [2.75, 3.05) is 13.2 Å². The summed E-state index contributed by atoms with van der Waals surface area (Å²) in [5, 5.41) is 23.3. The first-order chi connectivity index (χ1) is 41.0. The first kappa shape index (κ1) is 80.8. The molecule has 6 nitrogen and oxygen atoms in total. The van der Waals surface area contributed by atoms with E-state index in [0.29, 0.717) is 19.4 Å². The molecule has 0 aliphatic carbocycles. The van der Waals surface area contributed by atoms with E-state index in [1.165, 1.54) is 327 Å². The van der Waals surface area contributed by atoms with Crippen molar-refractivity contribution >= 4 is 11.9 Å². The predicted octanol–water partition coefficient (Wildman–Crippen LogP) is 24.4. The van der Waals surface area contributed by atoms with E-state index in [0.717, 1.165) is 51.4 Å². The van der Waals surface area contributed by atoms with Gasteiger partial charge in [0.15, 0.2) is 0 Å². The Bertz CT molecular complexity index is 1390.